The van der Waals surface area contributed by atoms with Crippen LogP contribution in [0.1, 0.15) is 252 Å². The summed E-state index contributed by atoms with van der Waals surface area (Å²) < 4.78 is 225. The number of alkyl halides is 11. The highest BCUT2D eigenvalue weighted by Gasteiger charge is 2.52. The van der Waals surface area contributed by atoms with E-state index in [1.54, 1.807) is 72.3 Å². The molecule has 12 aliphatic heterocycles. The average molecular weight is 2190 g/mol. The van der Waals surface area contributed by atoms with E-state index >= 15 is 0 Å². The molecule has 14 bridgehead atoms. The molecule has 18 rings (SSSR count). The van der Waals surface area contributed by atoms with E-state index in [9.17, 15) is 93.5 Å². The number of benzene rings is 6. The molecule has 0 aliphatic carbocycles. The maximum atomic E-state index is 13.8. The Morgan fingerprint density at radius 1 is 0.487 bits per heavy atom. The van der Waals surface area contributed by atoms with Gasteiger partial charge in [-0.3, -0.25) is 43.7 Å². The summed E-state index contributed by atoms with van der Waals surface area (Å²) in [7, 11) is -5.71. The van der Waals surface area contributed by atoms with Crippen LogP contribution in [0.25, 0.3) is 0 Å². The first-order chi connectivity index (χ1) is 71.1. The zero-order chi connectivity index (χ0) is 109. The molecule has 12 aliphatic rings. The van der Waals surface area contributed by atoms with E-state index in [0.29, 0.717) is 67.3 Å². The van der Waals surface area contributed by atoms with Gasteiger partial charge in [-0.25, -0.2) is 38.2 Å². The second-order valence-electron chi connectivity index (χ2n) is 39.0. The van der Waals surface area contributed by atoms with Gasteiger partial charge in [-0.05, 0) is 280 Å². The van der Waals surface area contributed by atoms with Gasteiger partial charge >= 0.3 is 18.5 Å². The Kier molecular flexibility index (Phi) is 43.1. The normalized spacial score (nSPS) is 21.8. The lowest BCUT2D eigenvalue weighted by atomic mass is 9.89. The second-order valence-corrected chi connectivity index (χ2v) is 46.0. The molecular formula is C109H137Cl2F9N12O15S3. The van der Waals surface area contributed by atoms with Crippen LogP contribution in [-0.4, -0.2) is 251 Å². The Hall–Kier alpha value is -10.8. The highest BCUT2D eigenvalue weighted by Crippen LogP contribution is 2.42. The van der Waals surface area contributed by atoms with E-state index in [1.807, 2.05) is 75.4 Å². The minimum Gasteiger partial charge on any atom is -0.493 e. The van der Waals surface area contributed by atoms with Crippen molar-refractivity contribution in [1.29, 1.82) is 0 Å². The van der Waals surface area contributed by atoms with E-state index in [2.05, 4.69) is 44.1 Å². The number of hydrogen-bond donors (Lipinski definition) is 3. The molecule has 0 radical (unpaired) electrons. The maximum Gasteiger partial charge on any atom is 0.416 e. The molecule has 0 atom stereocenters. The Morgan fingerprint density at radius 2 is 0.893 bits per heavy atom. The van der Waals surface area contributed by atoms with Gasteiger partial charge in [0.15, 0.2) is 0 Å². The standard InChI is InChI=1S/C37H47F3N4O5S.2C35H43F3N4O5S.C2H4Cl2/c1-5-7-9-10-11-12-18-43(4)34(45)29-14-13-28(27(3)23-29)15-22-50(47,48)44-19-16-36(17-20-44)35(46)41-33(42-36)30-24-31(37(38,39)40)26-32(25-30)49-21-8-6-2;2*1-25-21-27-12-11-26(25)13-20-48(45,46)42-17-14-34(15-18-42)33(44)39-31(40-34)28-22-29(35(36,37)38)24-30(23-28)47-19-10-8-6-4-3-5-7-9-16-41(2)32(27)43;3-1-2-4/h5-6,13-14,23-26H,1-2,7-12,15-22H2,3-4H3,(H,41,42,46);2*6,8,11-12,21-24H,3-5,7,9-10,13-20H2,1-2H3,(H,39,40,44);1-2H2/b;8-6+;8-6-;. The SMILES string of the molecule is C=CCCCCCCN(C)C(=O)c1ccc(CCS(=O)(=O)N2CCC3(CC2)N=C(c2cc(OCCC=C)cc(C(F)(F)F)c2)NC3=O)c(C)c1.Cc1cc2ccc1CCS(=O)(=O)N1CCC3(CC1)N=C(NC3=O)c1cc(cc(C(F)(F)F)c1)OCC/C=C/CCCCCCN(C)C2=O.Cc1cc2ccc1CCS(=O)(=O)N1CCC3(CC1)N=C(NC3=O)c1cc(cc(C(F)(F)F)c1)OCC/C=C\CCCCCCN(C)C2=O.ClCCCl. The van der Waals surface area contributed by atoms with Crippen molar-refractivity contribution >= 4 is 106 Å². The number of sulfonamides is 3. The molecule has 0 unspecified atom stereocenters. The Morgan fingerprint density at radius 3 is 1.31 bits per heavy atom. The summed E-state index contributed by atoms with van der Waals surface area (Å²) in [6.07, 6.45) is 14.9. The smallest absolute Gasteiger partial charge is 0.416 e. The number of aliphatic imine (C=N–C) groups is 3. The quantitative estimate of drug-likeness (QED) is 0.0312. The molecule has 3 N–H and O–H groups in total. The minimum absolute atomic E-state index is 0.00572. The van der Waals surface area contributed by atoms with Gasteiger partial charge < -0.3 is 44.9 Å². The number of carbonyl (C=O) groups excluding carboxylic acids is 6. The number of ether oxygens (including phenoxy) is 3. The lowest BCUT2D eigenvalue weighted by Crippen LogP contribution is -2.50. The van der Waals surface area contributed by atoms with Gasteiger partial charge in [-0.15, -0.1) is 36.4 Å². The summed E-state index contributed by atoms with van der Waals surface area (Å²) >= 11 is 10.1. The van der Waals surface area contributed by atoms with Crippen molar-refractivity contribution in [3.63, 3.8) is 0 Å². The predicted octanol–water partition coefficient (Wildman–Crippen LogP) is 19.2. The molecule has 3 fully saturated rings. The van der Waals surface area contributed by atoms with Crippen LogP contribution in [-0.2, 0) is 82.2 Å². The lowest BCUT2D eigenvalue weighted by molar-refractivity contribution is -0.138. The van der Waals surface area contributed by atoms with Gasteiger partial charge in [0.1, 0.15) is 51.4 Å². The van der Waals surface area contributed by atoms with Crippen LogP contribution in [0.3, 0.4) is 0 Å². The van der Waals surface area contributed by atoms with Gasteiger partial charge in [0, 0.05) is 125 Å². The average Bonchev–Trinajstić information content (AvgIpc) is 1.61. The molecule has 3 spiro atoms. The number of nitrogens with zero attached hydrogens (tertiary/aromatic N) is 9. The summed E-state index contributed by atoms with van der Waals surface area (Å²) in [6, 6.07) is 25.9. The van der Waals surface area contributed by atoms with E-state index in [0.717, 1.165) is 166 Å². The van der Waals surface area contributed by atoms with Gasteiger partial charge in [-0.1, -0.05) is 93.2 Å². The first kappa shape index (κ1) is 119. The summed E-state index contributed by atoms with van der Waals surface area (Å²) in [5, 5.41) is 7.92. The number of hydrogen-bond acceptors (Lipinski definition) is 18. The number of rotatable bonds is 18. The molecule has 6 amide bonds. The maximum absolute atomic E-state index is 13.8. The number of nitrogens with one attached hydrogen (secondary N) is 3. The third kappa shape index (κ3) is 33.1. The van der Waals surface area contributed by atoms with Crippen LogP contribution in [0.2, 0.25) is 0 Å². The number of amidine groups is 3. The summed E-state index contributed by atoms with van der Waals surface area (Å²) in [6.45, 7) is 15.6. The largest absolute Gasteiger partial charge is 0.493 e. The molecule has 27 nitrogen and oxygen atoms in total. The fourth-order valence-electron chi connectivity index (χ4n) is 18.9. The van der Waals surface area contributed by atoms with Crippen molar-refractivity contribution in [2.24, 2.45) is 15.0 Å². The highest BCUT2D eigenvalue weighted by atomic mass is 35.5. The predicted molar refractivity (Wildman–Crippen MR) is 566 cm³/mol. The number of aryl methyl sites for hydroxylation is 6. The molecule has 3 saturated heterocycles. The van der Waals surface area contributed by atoms with Gasteiger partial charge in [-0.2, -0.15) is 39.5 Å². The van der Waals surface area contributed by atoms with Crippen molar-refractivity contribution in [2.45, 2.75) is 229 Å². The Bertz CT molecular complexity index is 6050. The van der Waals surface area contributed by atoms with Crippen molar-refractivity contribution in [3.8, 4) is 17.2 Å². The number of carbonyl (C=O) groups is 6. The number of piperidine rings is 3. The first-order valence-electron chi connectivity index (χ1n) is 51.1. The van der Waals surface area contributed by atoms with Gasteiger partial charge in [0.05, 0.1) is 53.8 Å². The number of halogens is 11. The van der Waals surface area contributed by atoms with Crippen LogP contribution in [0, 0.1) is 20.8 Å². The first-order valence-corrected chi connectivity index (χ1v) is 57.0. The van der Waals surface area contributed by atoms with E-state index in [4.69, 9.17) is 37.4 Å². The molecule has 0 aromatic heterocycles. The molecule has 6 aromatic rings. The molecule has 818 valence electrons. The number of fused-ring (bicyclic) bond motifs is 4. The third-order valence-corrected chi connectivity index (χ3v) is 34.2. The van der Waals surface area contributed by atoms with E-state index in [-0.39, 0.29) is 203 Å². The fourth-order valence-corrected chi connectivity index (χ4v) is 23.3. The zero-order valence-electron chi connectivity index (χ0n) is 85.9. The van der Waals surface area contributed by atoms with Crippen LogP contribution in [0.5, 0.6) is 17.2 Å². The number of allylic oxidation sites excluding steroid dienone is 3. The monoisotopic (exact) mass is 2190 g/mol. The summed E-state index contributed by atoms with van der Waals surface area (Å²) in [4.78, 5) is 97.4. The van der Waals surface area contributed by atoms with Crippen LogP contribution in [0.4, 0.5) is 39.5 Å². The Labute approximate surface area is 884 Å². The second kappa shape index (κ2) is 54.1. The molecule has 0 saturated carbocycles. The number of unbranched alkanes of at least 4 members (excludes halogenated alkanes) is 4. The van der Waals surface area contributed by atoms with Crippen molar-refractivity contribution in [2.75, 3.05) is 129 Å². The molecule has 6 aromatic carbocycles. The van der Waals surface area contributed by atoms with Crippen LogP contribution in [0.15, 0.2) is 174 Å². The van der Waals surface area contributed by atoms with Crippen LogP contribution >= 0.6 is 23.2 Å². The zero-order valence-corrected chi connectivity index (χ0v) is 89.9. The van der Waals surface area contributed by atoms with Crippen LogP contribution < -0.4 is 30.2 Å². The van der Waals surface area contributed by atoms with E-state index < -0.39 is 99.6 Å². The lowest BCUT2D eigenvalue weighted by Gasteiger charge is -2.34. The molecule has 12 heterocycles. The third-order valence-electron chi connectivity index (χ3n) is 28.0. The molecule has 41 heteroatoms. The topological polar surface area (TPSA) is 325 Å². The van der Waals surface area contributed by atoms with Gasteiger partial charge in [0.2, 0.25) is 30.1 Å². The fraction of sp³-hybridized carbons (Fsp3) is 0.514. The summed E-state index contributed by atoms with van der Waals surface area (Å²) in [5.41, 5.74) is 0.302. The van der Waals surface area contributed by atoms with Crippen molar-refractivity contribution < 1.29 is 108 Å². The van der Waals surface area contributed by atoms with E-state index in [1.165, 1.54) is 31.1 Å². The van der Waals surface area contributed by atoms with Gasteiger partial charge in [0.25, 0.3) is 35.4 Å². The Balaban J connectivity index is 0.000000209. The summed E-state index contributed by atoms with van der Waals surface area (Å²) in [5.74, 6) is -0.902. The minimum atomic E-state index is -4.65. The molecular weight excluding hydrogens is 2060 g/mol. The molecule has 150 heavy (non-hydrogen) atoms. The van der Waals surface area contributed by atoms with Crippen molar-refractivity contribution in [3.05, 3.63) is 242 Å². The van der Waals surface area contributed by atoms with Crippen molar-refractivity contribution in [1.82, 2.24) is 43.6 Å². The number of amides is 6. The highest BCUT2D eigenvalue weighted by molar-refractivity contribution is 7.89.